The maximum Gasteiger partial charge on any atom is 0.251 e. The number of thioether (sulfide) groups is 1. The van der Waals surface area contributed by atoms with Crippen LogP contribution in [0.15, 0.2) is 65.3 Å². The standard InChI is InChI=1S/C27H30N6O3S2/c1-5-36-21-12-10-20(11-13-21)33-22(16-29-24(35)18-6-8-19(9-7-18)27(2,3)4)31-32-26(33)38-17-23(34)30-25-28-14-15-37-25/h6-15H,5,16-17H2,1-4H3,(H,29,35)(H,28,30,34). The molecule has 0 bridgehead atoms. The summed E-state index contributed by atoms with van der Waals surface area (Å²) in [5.74, 6) is 1.01. The number of amides is 2. The molecular weight excluding hydrogens is 520 g/mol. The van der Waals surface area contributed by atoms with Crippen molar-refractivity contribution in [1.29, 1.82) is 0 Å². The fraction of sp³-hybridized carbons (Fsp3) is 0.296. The number of aromatic nitrogens is 4. The van der Waals surface area contributed by atoms with Crippen LogP contribution < -0.4 is 15.4 Å². The quantitative estimate of drug-likeness (QED) is 0.265. The smallest absolute Gasteiger partial charge is 0.251 e. The lowest BCUT2D eigenvalue weighted by Gasteiger charge is -2.19. The van der Waals surface area contributed by atoms with Crippen molar-refractivity contribution in [2.24, 2.45) is 0 Å². The molecule has 38 heavy (non-hydrogen) atoms. The van der Waals surface area contributed by atoms with Crippen LogP contribution in [0.2, 0.25) is 0 Å². The van der Waals surface area contributed by atoms with Crippen molar-refractivity contribution in [2.75, 3.05) is 17.7 Å². The largest absolute Gasteiger partial charge is 0.494 e. The number of nitrogens with zero attached hydrogens (tertiary/aromatic N) is 4. The summed E-state index contributed by atoms with van der Waals surface area (Å²) in [5, 5.41) is 17.2. The average molecular weight is 551 g/mol. The average Bonchev–Trinajstić information content (AvgIpc) is 3.56. The SMILES string of the molecule is CCOc1ccc(-n2c(CNC(=O)c3ccc(C(C)(C)C)cc3)nnc2SCC(=O)Nc2nccs2)cc1. The van der Waals surface area contributed by atoms with Crippen LogP contribution in [0.25, 0.3) is 5.69 Å². The van der Waals surface area contributed by atoms with E-state index in [1.54, 1.807) is 11.6 Å². The molecule has 0 aliphatic rings. The van der Waals surface area contributed by atoms with E-state index in [9.17, 15) is 9.59 Å². The van der Waals surface area contributed by atoms with Gasteiger partial charge in [-0.2, -0.15) is 0 Å². The maximum atomic E-state index is 12.9. The highest BCUT2D eigenvalue weighted by molar-refractivity contribution is 7.99. The van der Waals surface area contributed by atoms with Crippen molar-refractivity contribution < 1.29 is 14.3 Å². The third kappa shape index (κ3) is 6.99. The molecule has 2 aromatic carbocycles. The molecule has 0 spiro atoms. The van der Waals surface area contributed by atoms with Gasteiger partial charge in [-0.15, -0.1) is 21.5 Å². The van der Waals surface area contributed by atoms with E-state index < -0.39 is 0 Å². The fourth-order valence-corrected chi connectivity index (χ4v) is 4.90. The van der Waals surface area contributed by atoms with Gasteiger partial charge in [-0.05, 0) is 54.3 Å². The Labute approximate surface area is 230 Å². The van der Waals surface area contributed by atoms with Gasteiger partial charge in [-0.3, -0.25) is 14.2 Å². The van der Waals surface area contributed by atoms with Crippen LogP contribution in [-0.4, -0.2) is 43.9 Å². The molecule has 4 rings (SSSR count). The number of nitrogens with one attached hydrogen (secondary N) is 2. The van der Waals surface area contributed by atoms with Crippen LogP contribution >= 0.6 is 23.1 Å². The molecule has 2 heterocycles. The molecule has 9 nitrogen and oxygen atoms in total. The zero-order valence-corrected chi connectivity index (χ0v) is 23.4. The predicted molar refractivity (Wildman–Crippen MR) is 150 cm³/mol. The molecular formula is C27H30N6O3S2. The van der Waals surface area contributed by atoms with Gasteiger partial charge in [0.05, 0.1) is 18.9 Å². The van der Waals surface area contributed by atoms with Crippen LogP contribution in [-0.2, 0) is 16.8 Å². The zero-order valence-electron chi connectivity index (χ0n) is 21.7. The molecule has 0 saturated heterocycles. The number of benzene rings is 2. The Hall–Kier alpha value is -3.70. The van der Waals surface area contributed by atoms with Crippen LogP contribution in [0.1, 0.15) is 49.4 Å². The number of hydrogen-bond donors (Lipinski definition) is 2. The summed E-state index contributed by atoms with van der Waals surface area (Å²) in [4.78, 5) is 29.4. The Kier molecular flexibility index (Phi) is 8.80. The lowest BCUT2D eigenvalue weighted by molar-refractivity contribution is -0.113. The normalized spacial score (nSPS) is 11.3. The minimum absolute atomic E-state index is 0.00833. The van der Waals surface area contributed by atoms with Crippen LogP contribution in [0, 0.1) is 0 Å². The lowest BCUT2D eigenvalue weighted by atomic mass is 9.87. The van der Waals surface area contributed by atoms with Gasteiger partial charge in [0, 0.05) is 22.8 Å². The first kappa shape index (κ1) is 27.3. The summed E-state index contributed by atoms with van der Waals surface area (Å²) in [6.45, 7) is 9.05. The molecule has 2 aromatic heterocycles. The fourth-order valence-electron chi connectivity index (χ4n) is 3.58. The van der Waals surface area contributed by atoms with Crippen LogP contribution in [0.4, 0.5) is 5.13 Å². The number of hydrogen-bond acceptors (Lipinski definition) is 8. The number of carbonyl (C=O) groups excluding carboxylic acids is 2. The maximum absolute atomic E-state index is 12.9. The minimum Gasteiger partial charge on any atom is -0.494 e. The molecule has 2 amide bonds. The monoisotopic (exact) mass is 550 g/mol. The van der Waals surface area contributed by atoms with Crippen LogP contribution in [0.5, 0.6) is 5.75 Å². The Balaban J connectivity index is 1.50. The van der Waals surface area contributed by atoms with E-state index in [0.717, 1.165) is 17.0 Å². The first-order valence-corrected chi connectivity index (χ1v) is 14.0. The molecule has 4 aromatic rings. The predicted octanol–water partition coefficient (Wildman–Crippen LogP) is 5.08. The highest BCUT2D eigenvalue weighted by atomic mass is 32.2. The number of thiazole rings is 1. The molecule has 198 valence electrons. The lowest BCUT2D eigenvalue weighted by Crippen LogP contribution is -2.25. The molecule has 0 saturated carbocycles. The van der Waals surface area contributed by atoms with Gasteiger partial charge < -0.3 is 15.4 Å². The Morgan fingerprint density at radius 1 is 1.05 bits per heavy atom. The molecule has 0 radical (unpaired) electrons. The third-order valence-corrected chi connectivity index (χ3v) is 7.15. The zero-order chi connectivity index (χ0) is 27.1. The highest BCUT2D eigenvalue weighted by Crippen LogP contribution is 2.25. The summed E-state index contributed by atoms with van der Waals surface area (Å²) in [5.41, 5.74) is 2.53. The number of rotatable bonds is 10. The van der Waals surface area contributed by atoms with E-state index in [2.05, 4.69) is 46.6 Å². The van der Waals surface area contributed by atoms with Crippen molar-refractivity contribution in [1.82, 2.24) is 25.1 Å². The molecule has 0 aliphatic carbocycles. The van der Waals surface area contributed by atoms with E-state index in [0.29, 0.717) is 28.3 Å². The summed E-state index contributed by atoms with van der Waals surface area (Å²) >= 11 is 2.61. The van der Waals surface area contributed by atoms with Gasteiger partial charge in [0.15, 0.2) is 16.1 Å². The highest BCUT2D eigenvalue weighted by Gasteiger charge is 2.18. The first-order chi connectivity index (χ1) is 18.2. The van der Waals surface area contributed by atoms with E-state index in [1.165, 1.54) is 23.1 Å². The first-order valence-electron chi connectivity index (χ1n) is 12.1. The molecule has 0 fully saturated rings. The van der Waals surface area contributed by atoms with Crippen molar-refractivity contribution in [3.05, 3.63) is 77.1 Å². The third-order valence-electron chi connectivity index (χ3n) is 5.54. The molecule has 11 heteroatoms. The summed E-state index contributed by atoms with van der Waals surface area (Å²) < 4.78 is 7.40. The summed E-state index contributed by atoms with van der Waals surface area (Å²) in [7, 11) is 0. The topological polar surface area (TPSA) is 111 Å². The van der Waals surface area contributed by atoms with E-state index in [1.807, 2.05) is 60.0 Å². The molecule has 0 atom stereocenters. The van der Waals surface area contributed by atoms with E-state index in [4.69, 9.17) is 4.74 Å². The van der Waals surface area contributed by atoms with Crippen molar-refractivity contribution >= 4 is 40.0 Å². The van der Waals surface area contributed by atoms with E-state index >= 15 is 0 Å². The Morgan fingerprint density at radius 3 is 2.42 bits per heavy atom. The molecule has 0 aliphatic heterocycles. The summed E-state index contributed by atoms with van der Waals surface area (Å²) in [6.07, 6.45) is 1.63. The van der Waals surface area contributed by atoms with Crippen molar-refractivity contribution in [2.45, 2.75) is 44.8 Å². The van der Waals surface area contributed by atoms with Crippen LogP contribution in [0.3, 0.4) is 0 Å². The second kappa shape index (κ2) is 12.2. The van der Waals surface area contributed by atoms with Gasteiger partial charge >= 0.3 is 0 Å². The Bertz CT molecular complexity index is 1360. The van der Waals surface area contributed by atoms with Gasteiger partial charge in [0.2, 0.25) is 5.91 Å². The van der Waals surface area contributed by atoms with Gasteiger partial charge in [0.25, 0.3) is 5.91 Å². The number of ether oxygens (including phenoxy) is 1. The Morgan fingerprint density at radius 2 is 1.79 bits per heavy atom. The van der Waals surface area contributed by atoms with Gasteiger partial charge in [-0.25, -0.2) is 4.98 Å². The second-order valence-electron chi connectivity index (χ2n) is 9.35. The second-order valence-corrected chi connectivity index (χ2v) is 11.2. The summed E-state index contributed by atoms with van der Waals surface area (Å²) in [6, 6.07) is 15.1. The number of anilines is 1. The van der Waals surface area contributed by atoms with E-state index in [-0.39, 0.29) is 29.5 Å². The van der Waals surface area contributed by atoms with Crippen molar-refractivity contribution in [3.8, 4) is 11.4 Å². The molecule has 0 unspecified atom stereocenters. The van der Waals surface area contributed by atoms with Crippen molar-refractivity contribution in [3.63, 3.8) is 0 Å². The minimum atomic E-state index is -0.205. The van der Waals surface area contributed by atoms with Gasteiger partial charge in [-0.1, -0.05) is 44.7 Å². The number of carbonyl (C=O) groups is 2. The van der Waals surface area contributed by atoms with Gasteiger partial charge in [0.1, 0.15) is 5.75 Å². The molecule has 2 N–H and O–H groups in total.